The highest BCUT2D eigenvalue weighted by molar-refractivity contribution is 9.10. The van der Waals surface area contributed by atoms with Crippen LogP contribution in [0, 0.1) is 0 Å². The van der Waals surface area contributed by atoms with Gasteiger partial charge in [0.2, 0.25) is 12.7 Å². The first-order valence-electron chi connectivity index (χ1n) is 7.35. The van der Waals surface area contributed by atoms with Gasteiger partial charge in [-0.15, -0.1) is 11.8 Å². The Morgan fingerprint density at radius 3 is 2.76 bits per heavy atom. The molecule has 0 atom stereocenters. The highest BCUT2D eigenvalue weighted by Crippen LogP contribution is 2.36. The van der Waals surface area contributed by atoms with Crippen molar-refractivity contribution in [3.05, 3.63) is 56.5 Å². The molecule has 0 saturated heterocycles. The topological polar surface area (TPSA) is 59.9 Å². The van der Waals surface area contributed by atoms with Gasteiger partial charge in [-0.25, -0.2) is 5.43 Å². The van der Waals surface area contributed by atoms with Gasteiger partial charge in [0.25, 0.3) is 0 Å². The fraction of sp³-hybridized carbons (Fsp3) is 0.176. The molecule has 0 aliphatic carbocycles. The quantitative estimate of drug-likeness (QED) is 0.488. The second-order valence-corrected chi connectivity index (χ2v) is 7.80. The Balaban J connectivity index is 1.47. The molecule has 1 aliphatic heterocycles. The molecule has 0 radical (unpaired) electrons. The number of nitrogens with zero attached hydrogens (tertiary/aromatic N) is 1. The minimum absolute atomic E-state index is 0.148. The van der Waals surface area contributed by atoms with Crippen LogP contribution in [-0.2, 0) is 10.5 Å². The monoisotopic (exact) mass is 484 g/mol. The molecule has 1 aliphatic rings. The fourth-order valence-electron chi connectivity index (χ4n) is 2.11. The third kappa shape index (κ3) is 4.99. The van der Waals surface area contributed by atoms with Crippen molar-refractivity contribution >= 4 is 55.7 Å². The molecule has 0 unspecified atom stereocenters. The fourth-order valence-corrected chi connectivity index (χ4v) is 3.97. The van der Waals surface area contributed by atoms with Crippen LogP contribution in [0.4, 0.5) is 0 Å². The Bertz CT molecular complexity index is 814. The number of nitrogens with one attached hydrogen (secondary N) is 1. The standard InChI is InChI=1S/C17H14Br2N2O3S/c18-13-4-2-1-3-11(13)8-25-9-17(22)21-20-7-12-5-15-16(6-14(12)19)24-10-23-15/h1-7H,8-10H2,(H,21,22)/b20-7-. The lowest BCUT2D eigenvalue weighted by Crippen LogP contribution is -2.19. The van der Waals surface area contributed by atoms with Gasteiger partial charge in [-0.3, -0.25) is 4.79 Å². The number of ether oxygens (including phenoxy) is 2. The van der Waals surface area contributed by atoms with Crippen molar-refractivity contribution in [1.82, 2.24) is 5.43 Å². The Hall–Kier alpha value is -1.51. The second-order valence-electron chi connectivity index (χ2n) is 5.10. The summed E-state index contributed by atoms with van der Waals surface area (Å²) in [5.74, 6) is 2.30. The van der Waals surface area contributed by atoms with Gasteiger partial charge in [0, 0.05) is 20.3 Å². The van der Waals surface area contributed by atoms with Gasteiger partial charge in [-0.1, -0.05) is 34.1 Å². The Kier molecular flexibility index (Phi) is 6.39. The molecular weight excluding hydrogens is 472 g/mol. The Morgan fingerprint density at radius 1 is 1.20 bits per heavy atom. The summed E-state index contributed by atoms with van der Waals surface area (Å²) in [6.45, 7) is 0.216. The zero-order valence-electron chi connectivity index (χ0n) is 13.0. The zero-order chi connectivity index (χ0) is 17.6. The highest BCUT2D eigenvalue weighted by Gasteiger charge is 2.15. The van der Waals surface area contributed by atoms with E-state index in [1.165, 1.54) is 11.8 Å². The number of fused-ring (bicyclic) bond motifs is 1. The molecule has 1 amide bonds. The number of amides is 1. The molecular formula is C17H14Br2N2O3S. The molecule has 0 aromatic heterocycles. The van der Waals surface area contributed by atoms with Gasteiger partial charge >= 0.3 is 0 Å². The summed E-state index contributed by atoms with van der Waals surface area (Å²) >= 11 is 8.47. The lowest BCUT2D eigenvalue weighted by Gasteiger charge is -2.04. The number of hydrogen-bond acceptors (Lipinski definition) is 5. The molecule has 1 heterocycles. The van der Waals surface area contributed by atoms with E-state index in [0.717, 1.165) is 25.8 Å². The molecule has 1 N–H and O–H groups in total. The van der Waals surface area contributed by atoms with E-state index in [1.807, 2.05) is 36.4 Å². The summed E-state index contributed by atoms with van der Waals surface area (Å²) < 4.78 is 12.5. The van der Waals surface area contributed by atoms with Crippen LogP contribution < -0.4 is 14.9 Å². The van der Waals surface area contributed by atoms with E-state index < -0.39 is 0 Å². The van der Waals surface area contributed by atoms with Crippen LogP contribution >= 0.6 is 43.6 Å². The predicted molar refractivity (Wildman–Crippen MR) is 106 cm³/mol. The number of rotatable bonds is 6. The van der Waals surface area contributed by atoms with Gasteiger partial charge in [0.15, 0.2) is 11.5 Å². The molecule has 0 bridgehead atoms. The van der Waals surface area contributed by atoms with Crippen LogP contribution in [0.3, 0.4) is 0 Å². The van der Waals surface area contributed by atoms with E-state index >= 15 is 0 Å². The summed E-state index contributed by atoms with van der Waals surface area (Å²) in [7, 11) is 0. The average molecular weight is 486 g/mol. The van der Waals surface area contributed by atoms with Crippen LogP contribution in [0.15, 0.2) is 50.4 Å². The molecule has 5 nitrogen and oxygen atoms in total. The number of benzene rings is 2. The van der Waals surface area contributed by atoms with E-state index in [2.05, 4.69) is 42.4 Å². The third-order valence-corrected chi connectivity index (χ3v) is 5.78. The smallest absolute Gasteiger partial charge is 0.250 e. The number of carbonyl (C=O) groups is 1. The maximum atomic E-state index is 11.9. The van der Waals surface area contributed by atoms with Gasteiger partial charge in [0.05, 0.1) is 12.0 Å². The summed E-state index contributed by atoms with van der Waals surface area (Å²) in [6, 6.07) is 11.6. The van der Waals surface area contributed by atoms with Crippen molar-refractivity contribution in [3.8, 4) is 11.5 Å². The van der Waals surface area contributed by atoms with E-state index in [1.54, 1.807) is 6.21 Å². The van der Waals surface area contributed by atoms with Crippen molar-refractivity contribution < 1.29 is 14.3 Å². The Labute approximate surface area is 166 Å². The van der Waals surface area contributed by atoms with E-state index in [4.69, 9.17) is 9.47 Å². The molecule has 2 aromatic rings. The predicted octanol–water partition coefficient (Wildman–Crippen LogP) is 4.32. The van der Waals surface area contributed by atoms with Crippen LogP contribution in [0.5, 0.6) is 11.5 Å². The molecule has 8 heteroatoms. The van der Waals surface area contributed by atoms with Gasteiger partial charge in [0.1, 0.15) is 0 Å². The Morgan fingerprint density at radius 2 is 1.96 bits per heavy atom. The maximum absolute atomic E-state index is 11.9. The average Bonchev–Trinajstić information content (AvgIpc) is 3.04. The molecule has 3 rings (SSSR count). The van der Waals surface area contributed by atoms with Crippen LogP contribution in [0.25, 0.3) is 0 Å². The number of halogens is 2. The lowest BCUT2D eigenvalue weighted by atomic mass is 10.2. The van der Waals surface area contributed by atoms with Crippen molar-refractivity contribution in [2.24, 2.45) is 5.10 Å². The summed E-state index contributed by atoms with van der Waals surface area (Å²) in [5, 5.41) is 4.00. The summed E-state index contributed by atoms with van der Waals surface area (Å²) in [5.41, 5.74) is 4.49. The molecule has 0 spiro atoms. The van der Waals surface area contributed by atoms with Gasteiger partial charge in [-0.05, 0) is 39.7 Å². The summed E-state index contributed by atoms with van der Waals surface area (Å²) in [4.78, 5) is 11.9. The number of hydrogen-bond donors (Lipinski definition) is 1. The molecule has 2 aromatic carbocycles. The molecule has 0 saturated carbocycles. The minimum Gasteiger partial charge on any atom is -0.454 e. The zero-order valence-corrected chi connectivity index (χ0v) is 17.0. The van der Waals surface area contributed by atoms with Gasteiger partial charge < -0.3 is 9.47 Å². The van der Waals surface area contributed by atoms with Crippen molar-refractivity contribution in [1.29, 1.82) is 0 Å². The largest absolute Gasteiger partial charge is 0.454 e. The number of carbonyl (C=O) groups excluding carboxylic acids is 1. The van der Waals surface area contributed by atoms with Gasteiger partial charge in [-0.2, -0.15) is 5.10 Å². The first-order chi connectivity index (χ1) is 12.1. The number of thioether (sulfide) groups is 1. The molecule has 25 heavy (non-hydrogen) atoms. The summed E-state index contributed by atoms with van der Waals surface area (Å²) in [6.07, 6.45) is 1.57. The van der Waals surface area contributed by atoms with Crippen LogP contribution in [-0.4, -0.2) is 24.7 Å². The van der Waals surface area contributed by atoms with E-state index in [9.17, 15) is 4.79 Å². The van der Waals surface area contributed by atoms with E-state index in [-0.39, 0.29) is 12.7 Å². The first-order valence-corrected chi connectivity index (χ1v) is 10.1. The van der Waals surface area contributed by atoms with Crippen molar-refractivity contribution in [3.63, 3.8) is 0 Å². The molecule has 0 fully saturated rings. The second kappa shape index (κ2) is 8.73. The van der Waals surface area contributed by atoms with E-state index in [0.29, 0.717) is 17.3 Å². The molecule has 130 valence electrons. The van der Waals surface area contributed by atoms with Crippen molar-refractivity contribution in [2.75, 3.05) is 12.5 Å². The minimum atomic E-state index is -0.148. The normalized spacial score (nSPS) is 12.6. The first kappa shape index (κ1) is 18.3. The highest BCUT2D eigenvalue weighted by atomic mass is 79.9. The number of hydrazone groups is 1. The van der Waals surface area contributed by atoms with Crippen LogP contribution in [0.1, 0.15) is 11.1 Å². The van der Waals surface area contributed by atoms with Crippen LogP contribution in [0.2, 0.25) is 0 Å². The van der Waals surface area contributed by atoms with Crippen molar-refractivity contribution in [2.45, 2.75) is 5.75 Å². The third-order valence-electron chi connectivity index (χ3n) is 3.33. The maximum Gasteiger partial charge on any atom is 0.250 e. The lowest BCUT2D eigenvalue weighted by molar-refractivity contribution is -0.118. The SMILES string of the molecule is O=C(CSCc1ccccc1Br)N/N=C\c1cc2c(cc1Br)OCO2.